The molecule has 1 saturated heterocycles. The lowest BCUT2D eigenvalue weighted by atomic mass is 9.98. The van der Waals surface area contributed by atoms with E-state index in [1.807, 2.05) is 4.90 Å². The van der Waals surface area contributed by atoms with E-state index in [1.54, 1.807) is 0 Å². The Balaban J connectivity index is 2.07. The van der Waals surface area contributed by atoms with Crippen molar-refractivity contribution in [2.24, 2.45) is 0 Å². The summed E-state index contributed by atoms with van der Waals surface area (Å²) >= 11 is 0. The summed E-state index contributed by atoms with van der Waals surface area (Å²) in [7, 11) is 1.48. The van der Waals surface area contributed by atoms with Crippen LogP contribution in [0.4, 0.5) is 0 Å². The highest BCUT2D eigenvalue weighted by Crippen LogP contribution is 2.22. The van der Waals surface area contributed by atoms with Crippen molar-refractivity contribution in [3.8, 4) is 6.07 Å². The van der Waals surface area contributed by atoms with E-state index in [2.05, 4.69) is 21.3 Å². The third-order valence-electron chi connectivity index (χ3n) is 3.46. The molecule has 20 heavy (non-hydrogen) atoms. The molecule has 2 atom stereocenters. The monoisotopic (exact) mass is 278 g/mol. The Morgan fingerprint density at radius 3 is 3.05 bits per heavy atom. The number of rotatable bonds is 4. The second-order valence-corrected chi connectivity index (χ2v) is 4.77. The molecule has 0 saturated carbocycles. The Morgan fingerprint density at radius 1 is 1.70 bits per heavy atom. The van der Waals surface area contributed by atoms with Crippen molar-refractivity contribution in [1.29, 1.82) is 5.26 Å². The number of nitrogens with one attached hydrogen (secondary N) is 1. The molecule has 0 unspecified atom stereocenters. The normalized spacial score (nSPS) is 23.2. The van der Waals surface area contributed by atoms with Crippen molar-refractivity contribution in [1.82, 2.24) is 25.1 Å². The van der Waals surface area contributed by atoms with Gasteiger partial charge in [-0.05, 0) is 12.8 Å². The van der Waals surface area contributed by atoms with Gasteiger partial charge in [-0.3, -0.25) is 19.6 Å². The van der Waals surface area contributed by atoms with Gasteiger partial charge in [-0.25, -0.2) is 10.0 Å². The summed E-state index contributed by atoms with van der Waals surface area (Å²) in [6.45, 7) is 2.55. The maximum Gasteiger partial charge on any atom is 0.243 e. The van der Waals surface area contributed by atoms with Gasteiger partial charge in [0.2, 0.25) is 5.91 Å². The van der Waals surface area contributed by atoms with Gasteiger partial charge in [-0.2, -0.15) is 10.4 Å². The number of carbonyl (C=O) groups excluding carboxylic acids is 1. The van der Waals surface area contributed by atoms with E-state index in [4.69, 9.17) is 4.84 Å². The van der Waals surface area contributed by atoms with Crippen LogP contribution in [0.2, 0.25) is 0 Å². The largest absolute Gasteiger partial charge is 0.278 e. The molecule has 1 N–H and O–H groups in total. The van der Waals surface area contributed by atoms with Gasteiger partial charge >= 0.3 is 0 Å². The number of nitriles is 1. The zero-order chi connectivity index (χ0) is 14.5. The average molecular weight is 278 g/mol. The van der Waals surface area contributed by atoms with Gasteiger partial charge in [0.15, 0.2) is 0 Å². The second-order valence-electron chi connectivity index (χ2n) is 4.77. The summed E-state index contributed by atoms with van der Waals surface area (Å²) in [5.41, 5.74) is 0. The molecule has 1 fully saturated rings. The number of nitrogens with zero attached hydrogens (tertiary/aromatic N) is 5. The fourth-order valence-electron chi connectivity index (χ4n) is 2.57. The first kappa shape index (κ1) is 14.4. The molecule has 1 amide bonds. The van der Waals surface area contributed by atoms with E-state index < -0.39 is 0 Å². The number of hydroxylamine groups is 2. The van der Waals surface area contributed by atoms with Crippen molar-refractivity contribution in [2.75, 3.05) is 13.7 Å². The Morgan fingerprint density at radius 2 is 2.50 bits per heavy atom. The minimum absolute atomic E-state index is 0.0509. The van der Waals surface area contributed by atoms with Gasteiger partial charge in [-0.1, -0.05) is 0 Å². The minimum Gasteiger partial charge on any atom is -0.278 e. The predicted octanol–water partition coefficient (Wildman–Crippen LogP) is 0.0712. The molecule has 0 aliphatic carbocycles. The first-order valence-electron chi connectivity index (χ1n) is 6.47. The molecule has 2 heterocycles. The first-order valence-corrected chi connectivity index (χ1v) is 6.47. The predicted molar refractivity (Wildman–Crippen MR) is 68.7 cm³/mol. The van der Waals surface area contributed by atoms with Crippen LogP contribution in [-0.4, -0.2) is 56.8 Å². The maximum absolute atomic E-state index is 11.5. The minimum atomic E-state index is -0.179. The molecule has 1 aliphatic rings. The highest BCUT2D eigenvalue weighted by atomic mass is 16.7. The standard InChI is InChI=1S/C12H18N6O2/c1-9(19)18(20-2)11-4-3-10(5-13)17(6-11)7-12-14-8-15-16-12/h8,10-11H,3-4,6-7H2,1-2H3,(H,14,15,16)/t10-,11+/m0/s1. The van der Waals surface area contributed by atoms with Crippen molar-refractivity contribution >= 4 is 5.91 Å². The number of carbonyl (C=O) groups is 1. The van der Waals surface area contributed by atoms with Crippen molar-refractivity contribution < 1.29 is 9.63 Å². The van der Waals surface area contributed by atoms with Crippen molar-refractivity contribution in [3.63, 3.8) is 0 Å². The molecule has 8 heteroatoms. The van der Waals surface area contributed by atoms with Crippen LogP contribution in [0.3, 0.4) is 0 Å². The third kappa shape index (κ3) is 3.12. The van der Waals surface area contributed by atoms with Crippen LogP contribution < -0.4 is 0 Å². The Bertz CT molecular complexity index is 483. The molecular weight excluding hydrogens is 260 g/mol. The molecule has 0 bridgehead atoms. The SMILES string of the molecule is CON(C(C)=O)[C@@H]1CC[C@@H](C#N)N(Cc2ncn[nH]2)C1. The average Bonchev–Trinajstić information content (AvgIpc) is 2.92. The van der Waals surface area contributed by atoms with Crippen LogP contribution in [0, 0.1) is 11.3 Å². The molecule has 0 spiro atoms. The lowest BCUT2D eigenvalue weighted by Crippen LogP contribution is -2.52. The maximum atomic E-state index is 11.5. The van der Waals surface area contributed by atoms with E-state index in [9.17, 15) is 10.1 Å². The van der Waals surface area contributed by atoms with Crippen LogP contribution in [0.5, 0.6) is 0 Å². The lowest BCUT2D eigenvalue weighted by molar-refractivity contribution is -0.192. The molecule has 1 aromatic rings. The number of amides is 1. The summed E-state index contributed by atoms with van der Waals surface area (Å²) in [4.78, 5) is 22.7. The number of hydrogen-bond acceptors (Lipinski definition) is 6. The summed E-state index contributed by atoms with van der Waals surface area (Å²) in [6.07, 6.45) is 2.89. The highest BCUT2D eigenvalue weighted by Gasteiger charge is 2.33. The lowest BCUT2D eigenvalue weighted by Gasteiger charge is -2.39. The topological polar surface area (TPSA) is 98.1 Å². The van der Waals surface area contributed by atoms with Crippen molar-refractivity contribution in [3.05, 3.63) is 12.2 Å². The number of likely N-dealkylation sites (tertiary alicyclic amines) is 1. The highest BCUT2D eigenvalue weighted by molar-refractivity contribution is 5.72. The molecule has 8 nitrogen and oxygen atoms in total. The van der Waals surface area contributed by atoms with Gasteiger partial charge < -0.3 is 0 Å². The number of piperidine rings is 1. The van der Waals surface area contributed by atoms with E-state index in [0.717, 1.165) is 6.42 Å². The van der Waals surface area contributed by atoms with Crippen LogP contribution >= 0.6 is 0 Å². The summed E-state index contributed by atoms with van der Waals surface area (Å²) < 4.78 is 0. The quantitative estimate of drug-likeness (QED) is 0.783. The summed E-state index contributed by atoms with van der Waals surface area (Å²) in [5.74, 6) is 0.574. The number of aromatic nitrogens is 3. The van der Waals surface area contributed by atoms with Crippen LogP contribution in [0.25, 0.3) is 0 Å². The fourth-order valence-corrected chi connectivity index (χ4v) is 2.57. The van der Waals surface area contributed by atoms with Crippen molar-refractivity contribution in [2.45, 2.75) is 38.4 Å². The molecule has 108 valence electrons. The molecule has 0 radical (unpaired) electrons. The van der Waals surface area contributed by atoms with E-state index in [0.29, 0.717) is 25.3 Å². The van der Waals surface area contributed by atoms with Crippen LogP contribution in [-0.2, 0) is 16.2 Å². The molecule has 1 aliphatic heterocycles. The number of aromatic amines is 1. The van der Waals surface area contributed by atoms with Crippen LogP contribution in [0.15, 0.2) is 6.33 Å². The number of H-pyrrole nitrogens is 1. The van der Waals surface area contributed by atoms with Crippen LogP contribution in [0.1, 0.15) is 25.6 Å². The van der Waals surface area contributed by atoms with Gasteiger partial charge in [0.25, 0.3) is 0 Å². The summed E-state index contributed by atoms with van der Waals surface area (Å²) in [5, 5.41) is 17.2. The third-order valence-corrected chi connectivity index (χ3v) is 3.46. The van der Waals surface area contributed by atoms with Gasteiger partial charge in [0, 0.05) is 13.5 Å². The van der Waals surface area contributed by atoms with E-state index >= 15 is 0 Å². The Labute approximate surface area is 117 Å². The summed E-state index contributed by atoms with van der Waals surface area (Å²) in [6, 6.07) is 2.06. The Kier molecular flexibility index (Phi) is 4.65. The zero-order valence-electron chi connectivity index (χ0n) is 11.6. The number of hydrogen-bond donors (Lipinski definition) is 1. The molecule has 1 aromatic heterocycles. The van der Waals surface area contributed by atoms with Gasteiger partial charge in [0.1, 0.15) is 12.2 Å². The zero-order valence-corrected chi connectivity index (χ0v) is 11.6. The Hall–Kier alpha value is -1.98. The first-order chi connectivity index (χ1) is 9.65. The van der Waals surface area contributed by atoms with E-state index in [-0.39, 0.29) is 18.0 Å². The van der Waals surface area contributed by atoms with Gasteiger partial charge in [-0.15, -0.1) is 0 Å². The molecule has 0 aromatic carbocycles. The molecule has 2 rings (SSSR count). The van der Waals surface area contributed by atoms with E-state index in [1.165, 1.54) is 25.4 Å². The molecular formula is C12H18N6O2. The second kappa shape index (κ2) is 6.45. The smallest absolute Gasteiger partial charge is 0.243 e. The fraction of sp³-hybridized carbons (Fsp3) is 0.667. The van der Waals surface area contributed by atoms with Gasteiger partial charge in [0.05, 0.1) is 31.8 Å².